The number of nitrogens with one attached hydrogen (secondary N) is 2. The maximum absolute atomic E-state index is 12.4. The van der Waals surface area contributed by atoms with E-state index in [0.29, 0.717) is 26.1 Å². The molecule has 1 atom stereocenters. The van der Waals surface area contributed by atoms with Crippen molar-refractivity contribution in [3.8, 4) is 0 Å². The first-order valence-electron chi connectivity index (χ1n) is 7.89. The molecule has 4 rings (SSSR count). The van der Waals surface area contributed by atoms with Crippen molar-refractivity contribution in [2.75, 3.05) is 19.6 Å². The van der Waals surface area contributed by atoms with Crippen LogP contribution in [0, 0.1) is 5.41 Å². The van der Waals surface area contributed by atoms with Crippen LogP contribution in [0.2, 0.25) is 0 Å². The van der Waals surface area contributed by atoms with Crippen LogP contribution in [-0.4, -0.2) is 36.5 Å². The minimum Gasteiger partial charge on any atom is -0.355 e. The summed E-state index contributed by atoms with van der Waals surface area (Å²) in [5, 5.41) is 9.18. The van der Waals surface area contributed by atoms with Crippen LogP contribution in [0.25, 0.3) is 10.1 Å². The van der Waals surface area contributed by atoms with E-state index < -0.39 is 0 Å². The summed E-state index contributed by atoms with van der Waals surface area (Å²) in [4.78, 5) is 25.6. The molecule has 5 nitrogen and oxygen atoms in total. The van der Waals surface area contributed by atoms with Crippen LogP contribution in [0.4, 0.5) is 4.79 Å². The van der Waals surface area contributed by atoms with Gasteiger partial charge in [-0.3, -0.25) is 4.79 Å². The van der Waals surface area contributed by atoms with Crippen molar-refractivity contribution < 1.29 is 9.59 Å². The molecule has 120 valence electrons. The lowest BCUT2D eigenvalue weighted by molar-refractivity contribution is -0.119. The third kappa shape index (κ3) is 2.79. The van der Waals surface area contributed by atoms with E-state index in [2.05, 4.69) is 40.3 Å². The van der Waals surface area contributed by atoms with Crippen molar-refractivity contribution in [1.82, 2.24) is 15.5 Å². The average molecular weight is 329 g/mol. The highest BCUT2D eigenvalue weighted by atomic mass is 32.1. The molecule has 2 N–H and O–H groups in total. The largest absolute Gasteiger partial charge is 0.355 e. The number of rotatable bonds is 2. The third-order valence-corrected chi connectivity index (χ3v) is 5.78. The highest BCUT2D eigenvalue weighted by Crippen LogP contribution is 2.36. The molecule has 3 heterocycles. The quantitative estimate of drug-likeness (QED) is 0.888. The molecule has 2 aliphatic heterocycles. The fourth-order valence-corrected chi connectivity index (χ4v) is 4.34. The number of carbonyl (C=O) groups excluding carboxylic acids is 2. The molecule has 0 saturated carbocycles. The smallest absolute Gasteiger partial charge is 0.317 e. The summed E-state index contributed by atoms with van der Waals surface area (Å²) in [5.74, 6) is 0.108. The monoisotopic (exact) mass is 329 g/mol. The van der Waals surface area contributed by atoms with E-state index in [1.807, 2.05) is 4.90 Å². The lowest BCUT2D eigenvalue weighted by atomic mass is 9.86. The molecular formula is C17H19N3O2S. The second kappa shape index (κ2) is 5.53. The Morgan fingerprint density at radius 1 is 1.39 bits per heavy atom. The lowest BCUT2D eigenvalue weighted by Gasteiger charge is -2.22. The second-order valence-corrected chi connectivity index (χ2v) is 7.52. The van der Waals surface area contributed by atoms with Crippen LogP contribution in [0.1, 0.15) is 18.4 Å². The van der Waals surface area contributed by atoms with Gasteiger partial charge < -0.3 is 15.5 Å². The molecule has 2 aromatic rings. The molecule has 2 aliphatic rings. The normalized spacial score (nSPS) is 23.7. The van der Waals surface area contributed by atoms with Crippen molar-refractivity contribution in [2.45, 2.75) is 19.4 Å². The maximum atomic E-state index is 12.4. The maximum Gasteiger partial charge on any atom is 0.317 e. The van der Waals surface area contributed by atoms with Crippen molar-refractivity contribution in [1.29, 1.82) is 0 Å². The first kappa shape index (κ1) is 14.5. The molecule has 6 heteroatoms. The standard InChI is InChI=1S/C17H19N3O2S/c21-15-8-17(10-19-15)4-5-20(11-17)16(22)18-9-12-1-2-14-13(7-12)3-6-23-14/h1-3,6-7H,4-5,8-11H2,(H,18,22)(H,19,21). The molecule has 1 aromatic heterocycles. The molecule has 23 heavy (non-hydrogen) atoms. The number of benzene rings is 1. The summed E-state index contributed by atoms with van der Waals surface area (Å²) in [7, 11) is 0. The van der Waals surface area contributed by atoms with Gasteiger partial charge in [0.05, 0.1) is 0 Å². The number of carbonyl (C=O) groups is 2. The van der Waals surface area contributed by atoms with Gasteiger partial charge in [-0.05, 0) is 40.9 Å². The van der Waals surface area contributed by atoms with Crippen LogP contribution < -0.4 is 10.6 Å². The van der Waals surface area contributed by atoms with Gasteiger partial charge in [-0.1, -0.05) is 6.07 Å². The molecule has 0 radical (unpaired) electrons. The van der Waals surface area contributed by atoms with Crippen LogP contribution in [0.5, 0.6) is 0 Å². The molecule has 0 bridgehead atoms. The minimum absolute atomic E-state index is 0.0355. The van der Waals surface area contributed by atoms with Crippen LogP contribution >= 0.6 is 11.3 Å². The number of urea groups is 1. The van der Waals surface area contributed by atoms with Gasteiger partial charge in [0.1, 0.15) is 0 Å². The van der Waals surface area contributed by atoms with Crippen molar-refractivity contribution in [3.05, 3.63) is 35.2 Å². The van der Waals surface area contributed by atoms with Crippen molar-refractivity contribution >= 4 is 33.4 Å². The molecule has 2 fully saturated rings. The number of likely N-dealkylation sites (tertiary alicyclic amines) is 1. The zero-order valence-corrected chi connectivity index (χ0v) is 13.6. The molecule has 1 unspecified atom stereocenters. The van der Waals surface area contributed by atoms with E-state index in [1.54, 1.807) is 11.3 Å². The minimum atomic E-state index is -0.0377. The van der Waals surface area contributed by atoms with Gasteiger partial charge in [0.25, 0.3) is 0 Å². The number of fused-ring (bicyclic) bond motifs is 1. The number of hydrogen-bond donors (Lipinski definition) is 2. The topological polar surface area (TPSA) is 61.4 Å². The highest BCUT2D eigenvalue weighted by molar-refractivity contribution is 7.17. The van der Waals surface area contributed by atoms with E-state index in [-0.39, 0.29) is 17.4 Å². The van der Waals surface area contributed by atoms with Crippen LogP contribution in [-0.2, 0) is 11.3 Å². The summed E-state index contributed by atoms with van der Waals surface area (Å²) in [5.41, 5.74) is 1.07. The molecule has 1 spiro atoms. The van der Waals surface area contributed by atoms with Crippen LogP contribution in [0.15, 0.2) is 29.6 Å². The SMILES string of the molecule is O=C1CC2(CCN(C(=O)NCc3ccc4sccc4c3)C2)CN1. The first-order valence-corrected chi connectivity index (χ1v) is 8.77. The first-order chi connectivity index (χ1) is 11.1. The van der Waals surface area contributed by atoms with Gasteiger partial charge >= 0.3 is 6.03 Å². The van der Waals surface area contributed by atoms with E-state index in [1.165, 1.54) is 10.1 Å². The number of amides is 3. The zero-order valence-electron chi connectivity index (χ0n) is 12.8. The molecule has 0 aliphatic carbocycles. The van der Waals surface area contributed by atoms with Gasteiger partial charge in [-0.2, -0.15) is 0 Å². The zero-order chi connectivity index (χ0) is 15.9. The summed E-state index contributed by atoms with van der Waals surface area (Å²) >= 11 is 1.72. The fraction of sp³-hybridized carbons (Fsp3) is 0.412. The average Bonchev–Trinajstić information content (AvgIpc) is 3.25. The Morgan fingerprint density at radius 3 is 3.13 bits per heavy atom. The summed E-state index contributed by atoms with van der Waals surface area (Å²) in [6.45, 7) is 2.63. The van der Waals surface area contributed by atoms with E-state index in [4.69, 9.17) is 0 Å². The Bertz CT molecular complexity index is 772. The Hall–Kier alpha value is -2.08. The predicted molar refractivity (Wildman–Crippen MR) is 90.3 cm³/mol. The van der Waals surface area contributed by atoms with Crippen molar-refractivity contribution in [3.63, 3.8) is 0 Å². The summed E-state index contributed by atoms with van der Waals surface area (Å²) in [6.07, 6.45) is 1.45. The fourth-order valence-electron chi connectivity index (χ4n) is 3.56. The summed E-state index contributed by atoms with van der Waals surface area (Å²) in [6, 6.07) is 8.34. The predicted octanol–water partition coefficient (Wildman–Crippen LogP) is 2.32. The third-order valence-electron chi connectivity index (χ3n) is 4.88. The Morgan fingerprint density at radius 2 is 2.30 bits per heavy atom. The molecule has 2 saturated heterocycles. The van der Waals surface area contributed by atoms with E-state index in [9.17, 15) is 9.59 Å². The van der Waals surface area contributed by atoms with Crippen molar-refractivity contribution in [2.24, 2.45) is 5.41 Å². The van der Waals surface area contributed by atoms with Gasteiger partial charge in [0, 0.05) is 42.7 Å². The Balaban J connectivity index is 1.36. The number of thiophene rings is 1. The van der Waals surface area contributed by atoms with Gasteiger partial charge in [0.15, 0.2) is 0 Å². The molecule has 1 aromatic carbocycles. The summed E-state index contributed by atoms with van der Waals surface area (Å²) < 4.78 is 1.26. The van der Waals surface area contributed by atoms with Gasteiger partial charge in [0.2, 0.25) is 5.91 Å². The second-order valence-electron chi connectivity index (χ2n) is 6.58. The number of hydrogen-bond acceptors (Lipinski definition) is 3. The molecular weight excluding hydrogens is 310 g/mol. The molecule has 3 amide bonds. The lowest BCUT2D eigenvalue weighted by Crippen LogP contribution is -2.40. The van der Waals surface area contributed by atoms with E-state index >= 15 is 0 Å². The van der Waals surface area contributed by atoms with Crippen LogP contribution in [0.3, 0.4) is 0 Å². The number of nitrogens with zero attached hydrogens (tertiary/aromatic N) is 1. The Labute approximate surface area is 138 Å². The highest BCUT2D eigenvalue weighted by Gasteiger charge is 2.45. The van der Waals surface area contributed by atoms with Gasteiger partial charge in [-0.15, -0.1) is 11.3 Å². The van der Waals surface area contributed by atoms with Gasteiger partial charge in [-0.25, -0.2) is 4.79 Å². The Kier molecular flexibility index (Phi) is 3.49. The van der Waals surface area contributed by atoms with E-state index in [0.717, 1.165) is 18.5 Å².